The van der Waals surface area contributed by atoms with Crippen LogP contribution in [0.15, 0.2) is 36.4 Å². The molecular weight excluding hydrogens is 270 g/mol. The molecule has 4 heteroatoms. The number of hydrogen-bond donors (Lipinski definition) is 1. The molecule has 1 atom stereocenters. The van der Waals surface area contributed by atoms with E-state index in [9.17, 15) is 0 Å². The third-order valence-electron chi connectivity index (χ3n) is 3.07. The molecule has 2 rings (SSSR count). The Labute approximate surface area is 125 Å². The van der Waals surface area contributed by atoms with Gasteiger partial charge in [-0.05, 0) is 12.5 Å². The molecule has 106 valence electrons. The van der Waals surface area contributed by atoms with Crippen LogP contribution in [-0.2, 0) is 0 Å². The molecule has 0 fully saturated rings. The maximum atomic E-state index is 6.09. The van der Waals surface area contributed by atoms with Crippen LogP contribution in [0.5, 0.6) is 0 Å². The Hall–Kier alpha value is -1.61. The molecule has 1 heterocycles. The zero-order chi connectivity index (χ0) is 14.5. The standard InChI is InChI=1S/C16H20ClN3/c1-11(2)16-18-12(3)9-15(20-16)19-14(10-17)13-7-5-4-6-8-13/h4-9,11,14H,10H2,1-3H3,(H,18,19,20). The van der Waals surface area contributed by atoms with Gasteiger partial charge in [0.1, 0.15) is 11.6 Å². The van der Waals surface area contributed by atoms with E-state index in [1.54, 1.807) is 0 Å². The molecule has 1 unspecified atom stereocenters. The van der Waals surface area contributed by atoms with Crippen molar-refractivity contribution in [3.63, 3.8) is 0 Å². The van der Waals surface area contributed by atoms with Crippen LogP contribution in [-0.4, -0.2) is 15.8 Å². The summed E-state index contributed by atoms with van der Waals surface area (Å²) < 4.78 is 0. The second-order valence-electron chi connectivity index (χ2n) is 5.17. The maximum absolute atomic E-state index is 6.09. The highest BCUT2D eigenvalue weighted by Crippen LogP contribution is 2.21. The Kier molecular flexibility index (Phi) is 4.96. The molecule has 2 aromatic rings. The molecule has 20 heavy (non-hydrogen) atoms. The highest BCUT2D eigenvalue weighted by Gasteiger charge is 2.12. The minimum Gasteiger partial charge on any atom is -0.362 e. The quantitative estimate of drug-likeness (QED) is 0.834. The Morgan fingerprint density at radius 2 is 1.85 bits per heavy atom. The summed E-state index contributed by atoms with van der Waals surface area (Å²) >= 11 is 6.09. The van der Waals surface area contributed by atoms with Crippen molar-refractivity contribution < 1.29 is 0 Å². The van der Waals surface area contributed by atoms with Crippen molar-refractivity contribution in [3.05, 3.63) is 53.5 Å². The number of nitrogens with one attached hydrogen (secondary N) is 1. The number of nitrogens with zero attached hydrogens (tertiary/aromatic N) is 2. The highest BCUT2D eigenvalue weighted by atomic mass is 35.5. The fourth-order valence-electron chi connectivity index (χ4n) is 2.00. The number of hydrogen-bond acceptors (Lipinski definition) is 3. The number of aromatic nitrogens is 2. The third kappa shape index (κ3) is 3.70. The summed E-state index contributed by atoms with van der Waals surface area (Å²) in [6.07, 6.45) is 0. The van der Waals surface area contributed by atoms with E-state index < -0.39 is 0 Å². The average molecular weight is 290 g/mol. The number of aryl methyl sites for hydroxylation is 1. The van der Waals surface area contributed by atoms with Crippen LogP contribution in [0.1, 0.15) is 42.9 Å². The predicted molar refractivity (Wildman–Crippen MR) is 84.4 cm³/mol. The molecule has 3 nitrogen and oxygen atoms in total. The lowest BCUT2D eigenvalue weighted by molar-refractivity contribution is 0.761. The van der Waals surface area contributed by atoms with E-state index in [4.69, 9.17) is 11.6 Å². The Morgan fingerprint density at radius 1 is 1.15 bits per heavy atom. The normalized spacial score (nSPS) is 12.4. The molecule has 1 aromatic heterocycles. The van der Waals surface area contributed by atoms with Gasteiger partial charge in [-0.2, -0.15) is 0 Å². The second kappa shape index (κ2) is 6.71. The number of halogens is 1. The highest BCUT2D eigenvalue weighted by molar-refractivity contribution is 6.18. The van der Waals surface area contributed by atoms with E-state index in [1.165, 1.54) is 0 Å². The minimum atomic E-state index is 0.0483. The fraction of sp³-hybridized carbons (Fsp3) is 0.375. The molecule has 0 saturated carbocycles. The van der Waals surface area contributed by atoms with Gasteiger partial charge in [0.2, 0.25) is 0 Å². The fourth-order valence-corrected chi connectivity index (χ4v) is 2.25. The van der Waals surface area contributed by atoms with E-state index in [2.05, 4.69) is 41.3 Å². The van der Waals surface area contributed by atoms with Gasteiger partial charge in [0, 0.05) is 23.6 Å². The zero-order valence-corrected chi connectivity index (χ0v) is 12.9. The molecule has 0 amide bonds. The summed E-state index contributed by atoms with van der Waals surface area (Å²) in [6, 6.07) is 12.2. The van der Waals surface area contributed by atoms with E-state index in [1.807, 2.05) is 31.2 Å². The topological polar surface area (TPSA) is 37.8 Å². The summed E-state index contributed by atoms with van der Waals surface area (Å²) in [6.45, 7) is 6.17. The van der Waals surface area contributed by atoms with Crippen LogP contribution in [0.25, 0.3) is 0 Å². The summed E-state index contributed by atoms with van der Waals surface area (Å²) in [5, 5.41) is 3.40. The lowest BCUT2D eigenvalue weighted by atomic mass is 10.1. The molecule has 0 aliphatic heterocycles. The first kappa shape index (κ1) is 14.8. The average Bonchev–Trinajstić information content (AvgIpc) is 2.45. The second-order valence-corrected chi connectivity index (χ2v) is 5.48. The van der Waals surface area contributed by atoms with Gasteiger partial charge in [0.05, 0.1) is 6.04 Å². The number of alkyl halides is 1. The zero-order valence-electron chi connectivity index (χ0n) is 12.1. The van der Waals surface area contributed by atoms with E-state index in [-0.39, 0.29) is 6.04 Å². The number of anilines is 1. The lowest BCUT2D eigenvalue weighted by Crippen LogP contribution is -2.14. The smallest absolute Gasteiger partial charge is 0.133 e. The molecule has 0 spiro atoms. The van der Waals surface area contributed by atoms with Crippen LogP contribution in [0.4, 0.5) is 5.82 Å². The summed E-state index contributed by atoms with van der Waals surface area (Å²) in [4.78, 5) is 9.02. The van der Waals surface area contributed by atoms with Gasteiger partial charge < -0.3 is 5.32 Å². The van der Waals surface area contributed by atoms with E-state index >= 15 is 0 Å². The molecule has 0 saturated heterocycles. The Bertz CT molecular complexity index is 555. The molecule has 0 aliphatic carbocycles. The first-order chi connectivity index (χ1) is 9.60. The minimum absolute atomic E-state index is 0.0483. The molecule has 0 aliphatic rings. The SMILES string of the molecule is Cc1cc(NC(CCl)c2ccccc2)nc(C(C)C)n1. The molecular formula is C16H20ClN3. The van der Waals surface area contributed by atoms with Crippen LogP contribution in [0.3, 0.4) is 0 Å². The molecule has 1 N–H and O–H groups in total. The van der Waals surface area contributed by atoms with Gasteiger partial charge in [0.15, 0.2) is 0 Å². The third-order valence-corrected chi connectivity index (χ3v) is 3.37. The first-order valence-electron chi connectivity index (χ1n) is 6.83. The van der Waals surface area contributed by atoms with Gasteiger partial charge in [0.25, 0.3) is 0 Å². The van der Waals surface area contributed by atoms with Gasteiger partial charge in [-0.15, -0.1) is 11.6 Å². The van der Waals surface area contributed by atoms with Crippen molar-refractivity contribution in [3.8, 4) is 0 Å². The van der Waals surface area contributed by atoms with Crippen molar-refractivity contribution in [2.75, 3.05) is 11.2 Å². The largest absolute Gasteiger partial charge is 0.362 e. The van der Waals surface area contributed by atoms with Gasteiger partial charge in [-0.3, -0.25) is 0 Å². The molecule has 0 bridgehead atoms. The van der Waals surface area contributed by atoms with Crippen molar-refractivity contribution in [2.24, 2.45) is 0 Å². The summed E-state index contributed by atoms with van der Waals surface area (Å²) in [5.41, 5.74) is 2.12. The lowest BCUT2D eigenvalue weighted by Gasteiger charge is -2.18. The van der Waals surface area contributed by atoms with Gasteiger partial charge in [-0.25, -0.2) is 9.97 Å². The van der Waals surface area contributed by atoms with Crippen molar-refractivity contribution in [1.29, 1.82) is 0 Å². The van der Waals surface area contributed by atoms with Gasteiger partial charge in [-0.1, -0.05) is 44.2 Å². The summed E-state index contributed by atoms with van der Waals surface area (Å²) in [7, 11) is 0. The van der Waals surface area contributed by atoms with E-state index in [0.717, 1.165) is 22.9 Å². The van der Waals surface area contributed by atoms with Crippen LogP contribution >= 0.6 is 11.6 Å². The van der Waals surface area contributed by atoms with Crippen LogP contribution in [0, 0.1) is 6.92 Å². The van der Waals surface area contributed by atoms with Crippen LogP contribution in [0.2, 0.25) is 0 Å². The first-order valence-corrected chi connectivity index (χ1v) is 7.36. The Morgan fingerprint density at radius 3 is 2.45 bits per heavy atom. The van der Waals surface area contributed by atoms with Crippen molar-refractivity contribution in [1.82, 2.24) is 9.97 Å². The predicted octanol–water partition coefficient (Wildman–Crippen LogP) is 4.30. The van der Waals surface area contributed by atoms with E-state index in [0.29, 0.717) is 11.8 Å². The summed E-state index contributed by atoms with van der Waals surface area (Å²) in [5.74, 6) is 2.48. The number of benzene rings is 1. The molecule has 0 radical (unpaired) electrons. The van der Waals surface area contributed by atoms with Crippen LogP contribution < -0.4 is 5.32 Å². The maximum Gasteiger partial charge on any atom is 0.133 e. The Balaban J connectivity index is 2.24. The van der Waals surface area contributed by atoms with Gasteiger partial charge >= 0.3 is 0 Å². The molecule has 1 aromatic carbocycles. The van der Waals surface area contributed by atoms with Crippen molar-refractivity contribution in [2.45, 2.75) is 32.7 Å². The van der Waals surface area contributed by atoms with Crippen molar-refractivity contribution >= 4 is 17.4 Å². The monoisotopic (exact) mass is 289 g/mol. The number of rotatable bonds is 5.